The number of rotatable bonds is 4. The van der Waals surface area contributed by atoms with Crippen LogP contribution in [-0.4, -0.2) is 17.4 Å². The Morgan fingerprint density at radius 3 is 3.00 bits per heavy atom. The second kappa shape index (κ2) is 5.43. The van der Waals surface area contributed by atoms with Gasteiger partial charge in [0.05, 0.1) is 5.69 Å². The van der Waals surface area contributed by atoms with E-state index in [0.717, 1.165) is 12.1 Å². The van der Waals surface area contributed by atoms with Crippen molar-refractivity contribution >= 4 is 5.91 Å². The smallest absolute Gasteiger partial charge is 0.251 e. The topological polar surface area (TPSA) is 68.0 Å². The van der Waals surface area contributed by atoms with Gasteiger partial charge in [-0.05, 0) is 29.7 Å². The number of fused-ring (bicyclic) bond motifs is 1. The molecule has 1 aromatic carbocycles. The van der Waals surface area contributed by atoms with Crippen LogP contribution in [0.2, 0.25) is 0 Å². The van der Waals surface area contributed by atoms with Crippen LogP contribution in [0.25, 0.3) is 0 Å². The van der Waals surface area contributed by atoms with E-state index in [1.54, 1.807) is 18.3 Å². The Kier molecular flexibility index (Phi) is 3.48. The fourth-order valence-corrected chi connectivity index (χ4v) is 2.59. The highest BCUT2D eigenvalue weighted by Gasteiger charge is 2.25. The molecule has 0 saturated carbocycles. The van der Waals surface area contributed by atoms with E-state index in [-0.39, 0.29) is 5.91 Å². The van der Waals surface area contributed by atoms with Gasteiger partial charge in [0, 0.05) is 30.8 Å². The van der Waals surface area contributed by atoms with Crippen LogP contribution in [0.4, 0.5) is 0 Å². The Bertz CT molecular complexity index is 639. The Hall–Kier alpha value is -2.20. The van der Waals surface area contributed by atoms with Crippen molar-refractivity contribution in [1.82, 2.24) is 10.3 Å². The zero-order valence-corrected chi connectivity index (χ0v) is 11.2. The van der Waals surface area contributed by atoms with Crippen LogP contribution in [0.1, 0.15) is 33.1 Å². The first kappa shape index (κ1) is 12.8. The molecule has 1 atom stereocenters. The van der Waals surface area contributed by atoms with Crippen molar-refractivity contribution in [2.75, 3.05) is 6.54 Å². The lowest BCUT2D eigenvalue weighted by molar-refractivity contribution is 0.0950. The summed E-state index contributed by atoms with van der Waals surface area (Å²) in [6.07, 6.45) is 2.66. The summed E-state index contributed by atoms with van der Waals surface area (Å²) in [6, 6.07) is 11.8. The molecule has 102 valence electrons. The van der Waals surface area contributed by atoms with Gasteiger partial charge in [-0.15, -0.1) is 0 Å². The monoisotopic (exact) mass is 267 g/mol. The number of pyridine rings is 1. The lowest BCUT2D eigenvalue weighted by Crippen LogP contribution is -2.33. The summed E-state index contributed by atoms with van der Waals surface area (Å²) in [5.74, 6) is 0.373. The number of carbonyl (C=O) groups excluding carboxylic acids is 1. The summed E-state index contributed by atoms with van der Waals surface area (Å²) in [7, 11) is 0. The van der Waals surface area contributed by atoms with E-state index >= 15 is 0 Å². The van der Waals surface area contributed by atoms with Gasteiger partial charge in [0.1, 0.15) is 0 Å². The van der Waals surface area contributed by atoms with Gasteiger partial charge in [-0.25, -0.2) is 0 Å². The lowest BCUT2D eigenvalue weighted by atomic mass is 9.77. The van der Waals surface area contributed by atoms with E-state index in [2.05, 4.69) is 28.5 Å². The minimum atomic E-state index is -0.0634. The molecule has 0 radical (unpaired) electrons. The number of amides is 1. The first-order valence-corrected chi connectivity index (χ1v) is 6.79. The third-order valence-electron chi connectivity index (χ3n) is 3.76. The number of nitrogens with two attached hydrogens (primary N) is 1. The summed E-state index contributed by atoms with van der Waals surface area (Å²) in [6.45, 7) is 1.02. The third-order valence-corrected chi connectivity index (χ3v) is 3.76. The third kappa shape index (κ3) is 2.42. The Labute approximate surface area is 118 Å². The molecule has 1 aromatic heterocycles. The van der Waals surface area contributed by atoms with Gasteiger partial charge in [0.25, 0.3) is 5.91 Å². The summed E-state index contributed by atoms with van der Waals surface area (Å²) >= 11 is 0. The molecule has 0 fully saturated rings. The molecule has 4 heteroatoms. The molecule has 1 heterocycles. The minimum Gasteiger partial charge on any atom is -0.351 e. The molecule has 20 heavy (non-hydrogen) atoms. The first-order chi connectivity index (χ1) is 9.78. The Balaban J connectivity index is 1.61. The van der Waals surface area contributed by atoms with Crippen molar-refractivity contribution in [1.29, 1.82) is 0 Å². The summed E-state index contributed by atoms with van der Waals surface area (Å²) < 4.78 is 0. The SMILES string of the molecule is NCc1cc(C(=O)NCC2Cc3ccccc32)ccn1. The van der Waals surface area contributed by atoms with Crippen molar-refractivity contribution in [2.45, 2.75) is 18.9 Å². The van der Waals surface area contributed by atoms with E-state index in [0.29, 0.717) is 24.6 Å². The van der Waals surface area contributed by atoms with Crippen LogP contribution in [0.5, 0.6) is 0 Å². The van der Waals surface area contributed by atoms with Crippen molar-refractivity contribution < 1.29 is 4.79 Å². The van der Waals surface area contributed by atoms with Crippen LogP contribution < -0.4 is 11.1 Å². The second-order valence-corrected chi connectivity index (χ2v) is 5.05. The summed E-state index contributed by atoms with van der Waals surface area (Å²) in [4.78, 5) is 16.2. The highest BCUT2D eigenvalue weighted by atomic mass is 16.1. The van der Waals surface area contributed by atoms with Crippen LogP contribution in [0.3, 0.4) is 0 Å². The fraction of sp³-hybridized carbons (Fsp3) is 0.250. The molecule has 3 rings (SSSR count). The number of hydrogen-bond acceptors (Lipinski definition) is 3. The maximum Gasteiger partial charge on any atom is 0.251 e. The molecule has 1 amide bonds. The van der Waals surface area contributed by atoms with Gasteiger partial charge < -0.3 is 11.1 Å². The lowest BCUT2D eigenvalue weighted by Gasteiger charge is -2.30. The molecule has 2 aromatic rings. The second-order valence-electron chi connectivity index (χ2n) is 5.05. The maximum absolute atomic E-state index is 12.1. The van der Waals surface area contributed by atoms with Gasteiger partial charge in [-0.1, -0.05) is 24.3 Å². The van der Waals surface area contributed by atoms with Crippen molar-refractivity contribution in [3.8, 4) is 0 Å². The van der Waals surface area contributed by atoms with E-state index < -0.39 is 0 Å². The highest BCUT2D eigenvalue weighted by molar-refractivity contribution is 5.94. The molecule has 3 N–H and O–H groups in total. The summed E-state index contributed by atoms with van der Waals surface area (Å²) in [5.41, 5.74) is 9.62. The molecule has 0 aliphatic heterocycles. The highest BCUT2D eigenvalue weighted by Crippen LogP contribution is 2.33. The number of benzene rings is 1. The molecule has 0 bridgehead atoms. The quantitative estimate of drug-likeness (QED) is 0.884. The van der Waals surface area contributed by atoms with Gasteiger partial charge in [0.15, 0.2) is 0 Å². The molecular formula is C16H17N3O. The Morgan fingerprint density at radius 1 is 1.35 bits per heavy atom. The number of nitrogens with zero attached hydrogens (tertiary/aromatic N) is 1. The first-order valence-electron chi connectivity index (χ1n) is 6.79. The van der Waals surface area contributed by atoms with E-state index in [4.69, 9.17) is 5.73 Å². The van der Waals surface area contributed by atoms with E-state index in [1.807, 2.05) is 6.07 Å². The average molecular weight is 267 g/mol. The zero-order valence-electron chi connectivity index (χ0n) is 11.2. The molecule has 1 aliphatic carbocycles. The molecule has 1 aliphatic rings. The van der Waals surface area contributed by atoms with Crippen LogP contribution in [0.15, 0.2) is 42.6 Å². The van der Waals surface area contributed by atoms with Crippen molar-refractivity contribution in [2.24, 2.45) is 5.73 Å². The van der Waals surface area contributed by atoms with Gasteiger partial charge >= 0.3 is 0 Å². The molecule has 0 spiro atoms. The van der Waals surface area contributed by atoms with E-state index in [9.17, 15) is 4.79 Å². The number of nitrogens with one attached hydrogen (secondary N) is 1. The maximum atomic E-state index is 12.1. The van der Waals surface area contributed by atoms with Crippen molar-refractivity contribution in [3.63, 3.8) is 0 Å². The van der Waals surface area contributed by atoms with E-state index in [1.165, 1.54) is 11.1 Å². The summed E-state index contributed by atoms with van der Waals surface area (Å²) in [5, 5.41) is 2.99. The predicted octanol–water partition coefficient (Wildman–Crippen LogP) is 1.61. The van der Waals surface area contributed by atoms with Gasteiger partial charge in [0.2, 0.25) is 0 Å². The number of hydrogen-bond donors (Lipinski definition) is 2. The van der Waals surface area contributed by atoms with Crippen LogP contribution >= 0.6 is 0 Å². The predicted molar refractivity (Wildman–Crippen MR) is 77.3 cm³/mol. The average Bonchev–Trinajstić information content (AvgIpc) is 2.48. The fourth-order valence-electron chi connectivity index (χ4n) is 2.59. The van der Waals surface area contributed by atoms with Crippen molar-refractivity contribution in [3.05, 3.63) is 65.0 Å². The molecular weight excluding hydrogens is 250 g/mol. The Morgan fingerprint density at radius 2 is 2.20 bits per heavy atom. The number of carbonyl (C=O) groups is 1. The zero-order chi connectivity index (χ0) is 13.9. The van der Waals surface area contributed by atoms with Gasteiger partial charge in [-0.3, -0.25) is 9.78 Å². The number of aromatic nitrogens is 1. The normalized spacial score (nSPS) is 16.1. The van der Waals surface area contributed by atoms with Gasteiger partial charge in [-0.2, -0.15) is 0 Å². The van der Waals surface area contributed by atoms with Crippen LogP contribution in [0, 0.1) is 0 Å². The molecule has 1 unspecified atom stereocenters. The minimum absolute atomic E-state index is 0.0634. The largest absolute Gasteiger partial charge is 0.351 e. The van der Waals surface area contributed by atoms with Crippen LogP contribution in [-0.2, 0) is 13.0 Å². The standard InChI is InChI=1S/C16H17N3O/c17-9-14-8-12(5-6-18-14)16(20)19-10-13-7-11-3-1-2-4-15(11)13/h1-6,8,13H,7,9-10,17H2,(H,19,20). The molecule has 0 saturated heterocycles. The molecule has 4 nitrogen and oxygen atoms in total.